The fourth-order valence-electron chi connectivity index (χ4n) is 3.76. The third-order valence-corrected chi connectivity index (χ3v) is 5.17. The number of hydrogen-bond acceptors (Lipinski definition) is 2. The van der Waals surface area contributed by atoms with Crippen molar-refractivity contribution in [3.05, 3.63) is 35.4 Å². The van der Waals surface area contributed by atoms with Crippen molar-refractivity contribution in [2.24, 2.45) is 17.3 Å². The molecule has 0 saturated heterocycles. The van der Waals surface area contributed by atoms with Gasteiger partial charge in [-0.15, -0.1) is 0 Å². The van der Waals surface area contributed by atoms with Gasteiger partial charge in [-0.3, -0.25) is 9.59 Å². The van der Waals surface area contributed by atoms with E-state index in [1.807, 2.05) is 12.1 Å². The Hall–Kier alpha value is -1.64. The predicted molar refractivity (Wildman–Crippen MR) is 82.3 cm³/mol. The van der Waals surface area contributed by atoms with Crippen LogP contribution in [0.1, 0.15) is 60.7 Å². The summed E-state index contributed by atoms with van der Waals surface area (Å²) in [7, 11) is 0. The van der Waals surface area contributed by atoms with Crippen LogP contribution in [-0.4, -0.2) is 17.7 Å². The zero-order chi connectivity index (χ0) is 15.2. The second-order valence-electron chi connectivity index (χ2n) is 7.47. The van der Waals surface area contributed by atoms with Gasteiger partial charge in [-0.25, -0.2) is 0 Å². The molecule has 0 bridgehead atoms. The molecule has 3 atom stereocenters. The monoisotopic (exact) mass is 285 g/mol. The van der Waals surface area contributed by atoms with Gasteiger partial charge in [0.05, 0.1) is 5.56 Å². The Labute approximate surface area is 126 Å². The minimum Gasteiger partial charge on any atom is -0.349 e. The molecule has 0 unspecified atom stereocenters. The second kappa shape index (κ2) is 4.97. The molecule has 1 aromatic carbocycles. The Bertz CT molecular complexity index is 585. The van der Waals surface area contributed by atoms with Gasteiger partial charge in [0.15, 0.2) is 5.78 Å². The molecule has 1 aliphatic carbocycles. The second-order valence-corrected chi connectivity index (χ2v) is 7.47. The molecule has 2 aliphatic rings. The number of ketones is 1. The first-order valence-electron chi connectivity index (χ1n) is 7.82. The van der Waals surface area contributed by atoms with Crippen molar-refractivity contribution in [3.63, 3.8) is 0 Å². The highest BCUT2D eigenvalue weighted by Gasteiger charge is 2.42. The Morgan fingerprint density at radius 3 is 2.38 bits per heavy atom. The number of amides is 1. The van der Waals surface area contributed by atoms with E-state index >= 15 is 0 Å². The molecule has 1 amide bonds. The summed E-state index contributed by atoms with van der Waals surface area (Å²) in [5.41, 5.74) is 1.34. The Morgan fingerprint density at radius 1 is 1.05 bits per heavy atom. The molecule has 1 N–H and O–H groups in total. The van der Waals surface area contributed by atoms with Gasteiger partial charge in [-0.1, -0.05) is 39.0 Å². The summed E-state index contributed by atoms with van der Waals surface area (Å²) in [6.07, 6.45) is 2.86. The molecular formula is C18H23NO2. The van der Waals surface area contributed by atoms with Gasteiger partial charge in [0.1, 0.15) is 0 Å². The molecule has 1 aliphatic heterocycles. The van der Waals surface area contributed by atoms with E-state index in [1.165, 1.54) is 0 Å². The zero-order valence-electron chi connectivity index (χ0n) is 13.0. The van der Waals surface area contributed by atoms with Crippen molar-refractivity contribution in [2.75, 3.05) is 0 Å². The van der Waals surface area contributed by atoms with E-state index in [4.69, 9.17) is 0 Å². The number of carbonyl (C=O) groups is 2. The van der Waals surface area contributed by atoms with Crippen molar-refractivity contribution in [2.45, 2.75) is 46.1 Å². The van der Waals surface area contributed by atoms with Crippen LogP contribution < -0.4 is 5.32 Å². The molecule has 1 aromatic rings. The zero-order valence-corrected chi connectivity index (χ0v) is 13.0. The number of rotatable bonds is 0. The number of Topliss-reactive ketones (excluding diaryl/α,β-unsaturated/α-hetero) is 1. The van der Waals surface area contributed by atoms with Gasteiger partial charge in [-0.05, 0) is 36.7 Å². The molecular weight excluding hydrogens is 262 g/mol. The summed E-state index contributed by atoms with van der Waals surface area (Å²) in [4.78, 5) is 25.2. The first-order chi connectivity index (χ1) is 9.88. The van der Waals surface area contributed by atoms with E-state index in [2.05, 4.69) is 26.1 Å². The lowest BCUT2D eigenvalue weighted by Gasteiger charge is -2.40. The molecule has 112 valence electrons. The maximum atomic E-state index is 12.9. The molecule has 0 radical (unpaired) electrons. The lowest BCUT2D eigenvalue weighted by atomic mass is 9.66. The van der Waals surface area contributed by atoms with Gasteiger partial charge in [0.25, 0.3) is 5.91 Å². The smallest absolute Gasteiger partial charge is 0.252 e. The van der Waals surface area contributed by atoms with Crippen LogP contribution in [-0.2, 0) is 0 Å². The number of fused-ring (bicyclic) bond motifs is 2. The van der Waals surface area contributed by atoms with Crippen LogP contribution in [0.2, 0.25) is 0 Å². The highest BCUT2D eigenvalue weighted by molar-refractivity contribution is 6.11. The van der Waals surface area contributed by atoms with Crippen LogP contribution in [0, 0.1) is 17.3 Å². The summed E-state index contributed by atoms with van der Waals surface area (Å²) in [6.45, 7) is 6.73. The SMILES string of the molecule is CC(C)(C)[C@@H]1CC[C@@H]2NC(=O)c3ccccc3C(=O)[C@@H]2C1. The Kier molecular flexibility index (Phi) is 3.39. The molecule has 1 fully saturated rings. The van der Waals surface area contributed by atoms with Crippen molar-refractivity contribution in [3.8, 4) is 0 Å². The molecule has 1 saturated carbocycles. The van der Waals surface area contributed by atoms with Crippen molar-refractivity contribution < 1.29 is 9.59 Å². The minimum atomic E-state index is -0.0966. The Morgan fingerprint density at radius 2 is 1.71 bits per heavy atom. The minimum absolute atomic E-state index is 0.00370. The first-order valence-corrected chi connectivity index (χ1v) is 7.82. The van der Waals surface area contributed by atoms with E-state index in [0.717, 1.165) is 19.3 Å². The third-order valence-electron chi connectivity index (χ3n) is 5.17. The topological polar surface area (TPSA) is 46.2 Å². The first kappa shape index (κ1) is 14.3. The van der Waals surface area contributed by atoms with E-state index < -0.39 is 0 Å². The molecule has 0 spiro atoms. The molecule has 3 nitrogen and oxygen atoms in total. The van der Waals surface area contributed by atoms with E-state index in [-0.39, 0.29) is 29.1 Å². The lowest BCUT2D eigenvalue weighted by molar-refractivity contribution is 0.0700. The average Bonchev–Trinajstić information content (AvgIpc) is 2.55. The third kappa shape index (κ3) is 2.50. The van der Waals surface area contributed by atoms with Gasteiger partial charge in [-0.2, -0.15) is 0 Å². The highest BCUT2D eigenvalue weighted by Crippen LogP contribution is 2.42. The fourth-order valence-corrected chi connectivity index (χ4v) is 3.76. The van der Waals surface area contributed by atoms with Crippen LogP contribution in [0.15, 0.2) is 24.3 Å². The predicted octanol–water partition coefficient (Wildman–Crippen LogP) is 3.44. The van der Waals surface area contributed by atoms with Crippen LogP contribution in [0.4, 0.5) is 0 Å². The fraction of sp³-hybridized carbons (Fsp3) is 0.556. The quantitative estimate of drug-likeness (QED) is 0.793. The lowest BCUT2D eigenvalue weighted by Crippen LogP contribution is -2.46. The largest absolute Gasteiger partial charge is 0.349 e. The van der Waals surface area contributed by atoms with Crippen LogP contribution in [0.5, 0.6) is 0 Å². The van der Waals surface area contributed by atoms with Crippen LogP contribution >= 0.6 is 0 Å². The number of hydrogen-bond donors (Lipinski definition) is 1. The van der Waals surface area contributed by atoms with Crippen LogP contribution in [0.25, 0.3) is 0 Å². The molecule has 21 heavy (non-hydrogen) atoms. The Balaban J connectivity index is 1.96. The maximum absolute atomic E-state index is 12.9. The highest BCUT2D eigenvalue weighted by atomic mass is 16.2. The summed E-state index contributed by atoms with van der Waals surface area (Å²) >= 11 is 0. The summed E-state index contributed by atoms with van der Waals surface area (Å²) in [6, 6.07) is 7.20. The summed E-state index contributed by atoms with van der Waals surface area (Å²) in [5.74, 6) is 0.504. The molecule has 3 rings (SSSR count). The van der Waals surface area contributed by atoms with E-state index in [9.17, 15) is 9.59 Å². The molecule has 0 aromatic heterocycles. The van der Waals surface area contributed by atoms with Crippen molar-refractivity contribution in [1.29, 1.82) is 0 Å². The number of benzene rings is 1. The summed E-state index contributed by atoms with van der Waals surface area (Å²) < 4.78 is 0. The maximum Gasteiger partial charge on any atom is 0.252 e. The normalized spacial score (nSPS) is 29.2. The van der Waals surface area contributed by atoms with Crippen molar-refractivity contribution in [1.82, 2.24) is 5.32 Å². The average molecular weight is 285 g/mol. The van der Waals surface area contributed by atoms with Gasteiger partial charge >= 0.3 is 0 Å². The van der Waals surface area contributed by atoms with Gasteiger partial charge in [0.2, 0.25) is 0 Å². The molecule has 3 heteroatoms. The van der Waals surface area contributed by atoms with E-state index in [1.54, 1.807) is 12.1 Å². The summed E-state index contributed by atoms with van der Waals surface area (Å²) in [5, 5.41) is 3.08. The van der Waals surface area contributed by atoms with E-state index in [0.29, 0.717) is 17.0 Å². The molecule has 1 heterocycles. The van der Waals surface area contributed by atoms with Gasteiger partial charge in [0, 0.05) is 17.5 Å². The number of nitrogens with one attached hydrogen (secondary N) is 1. The van der Waals surface area contributed by atoms with Gasteiger partial charge < -0.3 is 5.32 Å². The number of carbonyl (C=O) groups excluding carboxylic acids is 2. The van der Waals surface area contributed by atoms with Crippen molar-refractivity contribution >= 4 is 11.7 Å². The van der Waals surface area contributed by atoms with Crippen LogP contribution in [0.3, 0.4) is 0 Å². The standard InChI is InChI=1S/C18H23NO2/c1-18(2,3)11-8-9-15-14(10-11)16(20)12-6-4-5-7-13(12)17(21)19-15/h4-7,11,14-15H,8-10H2,1-3H3,(H,19,21)/t11-,14-,15+/m1/s1.